The molecule has 1 saturated heterocycles. The fraction of sp³-hybridized carbons (Fsp3) is 0.278. The highest BCUT2D eigenvalue weighted by Crippen LogP contribution is 2.40. The van der Waals surface area contributed by atoms with Crippen molar-refractivity contribution >= 4 is 29.5 Å². The Labute approximate surface area is 159 Å². The van der Waals surface area contributed by atoms with Crippen LogP contribution >= 0.6 is 11.8 Å². The lowest BCUT2D eigenvalue weighted by atomic mass is 10.0. The molecule has 3 rings (SSSR count). The highest BCUT2D eigenvalue weighted by atomic mass is 32.2. The van der Waals surface area contributed by atoms with Crippen molar-refractivity contribution in [3.63, 3.8) is 0 Å². The molecule has 0 saturated carbocycles. The zero-order valence-corrected chi connectivity index (χ0v) is 15.3. The monoisotopic (exact) mass is 389 g/mol. The second-order valence-corrected chi connectivity index (χ2v) is 7.25. The van der Waals surface area contributed by atoms with Gasteiger partial charge in [-0.3, -0.25) is 14.5 Å². The Hall–Kier alpha value is -2.78. The summed E-state index contributed by atoms with van der Waals surface area (Å²) in [4.78, 5) is 37.7. The highest BCUT2D eigenvalue weighted by Gasteiger charge is 2.54. The molecule has 5 N–H and O–H groups in total. The summed E-state index contributed by atoms with van der Waals surface area (Å²) in [6.45, 7) is 1.77. The van der Waals surface area contributed by atoms with Crippen molar-refractivity contribution in [2.45, 2.75) is 24.4 Å². The number of hydrogen-bond acceptors (Lipinski definition) is 6. The smallest absolute Gasteiger partial charge is 0.352 e. The number of carboxylic acid groups (broad SMARTS) is 1. The number of rotatable bonds is 5. The summed E-state index contributed by atoms with van der Waals surface area (Å²) in [6, 6.07) is 4.11. The molecule has 142 valence electrons. The van der Waals surface area contributed by atoms with Crippen LogP contribution in [-0.2, 0) is 14.4 Å². The summed E-state index contributed by atoms with van der Waals surface area (Å²) >= 11 is 1.38. The van der Waals surface area contributed by atoms with E-state index >= 15 is 0 Å². The normalized spacial score (nSPS) is 23.0. The van der Waals surface area contributed by atoms with E-state index < -0.39 is 35.2 Å². The number of β-lactam (4-membered cyclic amide) rings is 1. The zero-order valence-electron chi connectivity index (χ0n) is 14.5. The van der Waals surface area contributed by atoms with Gasteiger partial charge in [0.2, 0.25) is 5.91 Å². The Kier molecular flexibility index (Phi) is 5.24. The van der Waals surface area contributed by atoms with Crippen molar-refractivity contribution in [3.05, 3.63) is 53.3 Å². The van der Waals surface area contributed by atoms with Gasteiger partial charge in [-0.15, -0.1) is 11.8 Å². The molecule has 0 spiro atoms. The third-order valence-electron chi connectivity index (χ3n) is 4.38. The largest absolute Gasteiger partial charge is 0.508 e. The molecular weight excluding hydrogens is 370 g/mol. The van der Waals surface area contributed by atoms with Crippen molar-refractivity contribution in [2.75, 3.05) is 5.75 Å². The number of aromatic hydroxyl groups is 1. The molecule has 1 unspecified atom stereocenters. The Bertz CT molecular complexity index is 866. The number of nitrogens with zero attached hydrogens (tertiary/aromatic N) is 1. The molecule has 0 aromatic heterocycles. The van der Waals surface area contributed by atoms with Gasteiger partial charge in [-0.2, -0.15) is 0 Å². The minimum absolute atomic E-state index is 0.0165. The number of phenolic OH excluding ortho intramolecular Hbond substituents is 1. The predicted molar refractivity (Wildman–Crippen MR) is 99.5 cm³/mol. The second-order valence-electron chi connectivity index (χ2n) is 6.15. The highest BCUT2D eigenvalue weighted by molar-refractivity contribution is 8.00. The Morgan fingerprint density at radius 2 is 2.19 bits per heavy atom. The van der Waals surface area contributed by atoms with Crippen molar-refractivity contribution in [2.24, 2.45) is 5.73 Å². The number of allylic oxidation sites excluding steroid dienone is 2. The van der Waals surface area contributed by atoms with Crippen LogP contribution < -0.4 is 11.1 Å². The Morgan fingerprint density at radius 3 is 2.81 bits per heavy atom. The number of aliphatic carboxylic acids is 1. The summed E-state index contributed by atoms with van der Waals surface area (Å²) in [7, 11) is 0. The lowest BCUT2D eigenvalue weighted by Crippen LogP contribution is -2.71. The molecule has 2 heterocycles. The van der Waals surface area contributed by atoms with Crippen molar-refractivity contribution in [1.29, 1.82) is 0 Å². The fourth-order valence-corrected chi connectivity index (χ4v) is 4.40. The van der Waals surface area contributed by atoms with Crippen LogP contribution in [0.3, 0.4) is 0 Å². The first kappa shape index (κ1) is 19.0. The van der Waals surface area contributed by atoms with Crippen LogP contribution in [0.15, 0.2) is 47.7 Å². The number of carbonyl (C=O) groups is 3. The van der Waals surface area contributed by atoms with E-state index in [0.29, 0.717) is 16.9 Å². The lowest BCUT2D eigenvalue weighted by molar-refractivity contribution is -0.150. The fourth-order valence-electron chi connectivity index (χ4n) is 3.08. The summed E-state index contributed by atoms with van der Waals surface area (Å²) in [5.41, 5.74) is 6.83. The van der Waals surface area contributed by atoms with Gasteiger partial charge in [0.25, 0.3) is 5.91 Å². The van der Waals surface area contributed by atoms with Crippen LogP contribution in [0.4, 0.5) is 0 Å². The van der Waals surface area contributed by atoms with E-state index in [0.717, 1.165) is 0 Å². The Balaban J connectivity index is 1.75. The molecule has 2 aliphatic rings. The molecule has 1 aromatic rings. The minimum atomic E-state index is -1.18. The molecule has 3 atom stereocenters. The van der Waals surface area contributed by atoms with E-state index in [2.05, 4.69) is 5.32 Å². The molecule has 2 aliphatic heterocycles. The van der Waals surface area contributed by atoms with Crippen molar-refractivity contribution < 1.29 is 24.6 Å². The van der Waals surface area contributed by atoms with E-state index in [1.165, 1.54) is 28.8 Å². The van der Waals surface area contributed by atoms with E-state index in [9.17, 15) is 24.6 Å². The molecule has 0 radical (unpaired) electrons. The van der Waals surface area contributed by atoms with E-state index in [1.807, 2.05) is 0 Å². The average molecular weight is 389 g/mol. The van der Waals surface area contributed by atoms with Gasteiger partial charge in [0.1, 0.15) is 28.9 Å². The van der Waals surface area contributed by atoms with Gasteiger partial charge in [0, 0.05) is 5.75 Å². The van der Waals surface area contributed by atoms with Gasteiger partial charge in [-0.1, -0.05) is 24.3 Å². The molecule has 9 heteroatoms. The molecular formula is C18H19N3O5S. The number of carboxylic acids is 1. The number of phenols is 1. The van der Waals surface area contributed by atoms with Gasteiger partial charge in [-0.25, -0.2) is 4.79 Å². The van der Waals surface area contributed by atoms with Gasteiger partial charge < -0.3 is 21.3 Å². The maximum absolute atomic E-state index is 12.5. The molecule has 0 aliphatic carbocycles. The van der Waals surface area contributed by atoms with Crippen LogP contribution in [0.5, 0.6) is 5.75 Å². The first-order valence-electron chi connectivity index (χ1n) is 8.24. The number of nitrogens with one attached hydrogen (secondary N) is 1. The predicted octanol–water partition coefficient (Wildman–Crippen LogP) is 0.707. The van der Waals surface area contributed by atoms with Gasteiger partial charge >= 0.3 is 5.97 Å². The summed E-state index contributed by atoms with van der Waals surface area (Å²) in [6.07, 6.45) is 3.39. The number of fused-ring (bicyclic) bond motifs is 1. The molecule has 2 amide bonds. The van der Waals surface area contributed by atoms with Crippen molar-refractivity contribution in [3.8, 4) is 5.75 Å². The third kappa shape index (κ3) is 3.43. The number of hydrogen-bond donors (Lipinski definition) is 4. The number of amides is 2. The van der Waals surface area contributed by atoms with Crippen LogP contribution in [0.25, 0.3) is 0 Å². The molecule has 8 nitrogen and oxygen atoms in total. The molecule has 27 heavy (non-hydrogen) atoms. The third-order valence-corrected chi connectivity index (χ3v) is 5.68. The van der Waals surface area contributed by atoms with Gasteiger partial charge in [0.15, 0.2) is 0 Å². The number of nitrogens with two attached hydrogens (primary N) is 1. The molecule has 1 aromatic carbocycles. The molecule has 1 fully saturated rings. The number of thioether (sulfide) groups is 1. The van der Waals surface area contributed by atoms with E-state index in [4.69, 9.17) is 5.73 Å². The van der Waals surface area contributed by atoms with E-state index in [1.54, 1.807) is 31.2 Å². The maximum atomic E-state index is 12.5. The SMILES string of the molecule is C/C=C\C1=C(C(=O)O)N2C(=O)[C@@H](NC(=O)C(N)c3cccc(O)c3)[C@H]2SC1. The summed E-state index contributed by atoms with van der Waals surface area (Å²) in [5, 5.41) is 21.1. The lowest BCUT2D eigenvalue weighted by Gasteiger charge is -2.49. The first-order chi connectivity index (χ1) is 12.8. The zero-order chi connectivity index (χ0) is 19.7. The van der Waals surface area contributed by atoms with E-state index in [-0.39, 0.29) is 11.4 Å². The quantitative estimate of drug-likeness (QED) is 0.545. The van der Waals surface area contributed by atoms with Crippen LogP contribution in [0.2, 0.25) is 0 Å². The topological polar surface area (TPSA) is 133 Å². The Morgan fingerprint density at radius 1 is 1.44 bits per heavy atom. The second kappa shape index (κ2) is 7.45. The van der Waals surface area contributed by atoms with Crippen LogP contribution in [-0.4, -0.2) is 50.1 Å². The van der Waals surface area contributed by atoms with Crippen molar-refractivity contribution in [1.82, 2.24) is 10.2 Å². The average Bonchev–Trinajstić information content (AvgIpc) is 2.64. The minimum Gasteiger partial charge on any atom is -0.508 e. The van der Waals surface area contributed by atoms with Crippen LogP contribution in [0, 0.1) is 0 Å². The summed E-state index contributed by atoms with van der Waals surface area (Å²) in [5.74, 6) is -1.83. The first-order valence-corrected chi connectivity index (χ1v) is 9.28. The molecule has 0 bridgehead atoms. The van der Waals surface area contributed by atoms with Gasteiger partial charge in [0.05, 0.1) is 0 Å². The van der Waals surface area contributed by atoms with Gasteiger partial charge in [-0.05, 0) is 30.2 Å². The maximum Gasteiger partial charge on any atom is 0.352 e. The summed E-state index contributed by atoms with van der Waals surface area (Å²) < 4.78 is 0. The standard InChI is InChI=1S/C18H19N3O5S/c1-2-4-10-8-27-17-13(16(24)21(17)14(10)18(25)26)20-15(23)12(19)9-5-3-6-11(22)7-9/h2-7,12-13,17,22H,8,19H2,1H3,(H,20,23)(H,25,26)/b4-2-/t12?,13-,17-/m1/s1. The number of benzene rings is 1. The van der Waals surface area contributed by atoms with Crippen LogP contribution in [0.1, 0.15) is 18.5 Å². The number of carbonyl (C=O) groups excluding carboxylic acids is 2.